The Morgan fingerprint density at radius 2 is 2.00 bits per heavy atom. The molecule has 6 heteroatoms. The van der Waals surface area contributed by atoms with Crippen LogP contribution in [0.2, 0.25) is 0 Å². The fourth-order valence-corrected chi connectivity index (χ4v) is 4.12. The summed E-state index contributed by atoms with van der Waals surface area (Å²) in [5, 5.41) is 9.08. The summed E-state index contributed by atoms with van der Waals surface area (Å²) < 4.78 is 13.2. The topological polar surface area (TPSA) is 69.9 Å². The van der Waals surface area contributed by atoms with Crippen molar-refractivity contribution < 1.29 is 9.18 Å². The van der Waals surface area contributed by atoms with Crippen LogP contribution in [0, 0.1) is 23.1 Å². The molecule has 1 saturated heterocycles. The SMILES string of the molecule is N#CC1CCN(C(=O)c2cccc(-c3cnc4c(c3)C=C(c3ccc(F)cc3)C4)n2)C1. The van der Waals surface area contributed by atoms with Crippen LogP contribution in [-0.4, -0.2) is 33.9 Å². The molecule has 31 heavy (non-hydrogen) atoms. The number of benzene rings is 1. The monoisotopic (exact) mass is 410 g/mol. The van der Waals surface area contributed by atoms with Crippen LogP contribution in [0.3, 0.4) is 0 Å². The lowest BCUT2D eigenvalue weighted by molar-refractivity contribution is 0.0784. The zero-order valence-corrected chi connectivity index (χ0v) is 16.8. The van der Waals surface area contributed by atoms with Gasteiger partial charge in [-0.3, -0.25) is 9.78 Å². The number of carbonyl (C=O) groups is 1. The average Bonchev–Trinajstić information content (AvgIpc) is 3.46. The smallest absolute Gasteiger partial charge is 0.272 e. The second-order valence-corrected chi connectivity index (χ2v) is 7.89. The van der Waals surface area contributed by atoms with Gasteiger partial charge in [0.1, 0.15) is 11.5 Å². The van der Waals surface area contributed by atoms with Crippen LogP contribution in [0.4, 0.5) is 4.39 Å². The van der Waals surface area contributed by atoms with Gasteiger partial charge in [0, 0.05) is 31.3 Å². The second kappa shape index (κ2) is 7.77. The molecule has 2 aliphatic rings. The zero-order valence-electron chi connectivity index (χ0n) is 16.8. The molecular formula is C25H19FN4O. The standard InChI is InChI=1S/C25H19FN4O/c26-21-6-4-17(5-7-21)18-10-19-11-20(14-28-24(19)12-18)22-2-1-3-23(29-22)25(31)30-9-8-16(13-27)15-30/h1-7,10-11,14,16H,8-9,12,15H2. The Morgan fingerprint density at radius 1 is 1.16 bits per heavy atom. The molecule has 0 spiro atoms. The third kappa shape index (κ3) is 3.71. The van der Waals surface area contributed by atoms with E-state index < -0.39 is 0 Å². The number of fused-ring (bicyclic) bond motifs is 1. The molecule has 1 aliphatic heterocycles. The molecule has 1 unspecified atom stereocenters. The van der Waals surface area contributed by atoms with Crippen LogP contribution in [-0.2, 0) is 6.42 Å². The number of rotatable bonds is 3. The van der Waals surface area contributed by atoms with Crippen LogP contribution < -0.4 is 0 Å². The molecule has 5 rings (SSSR count). The summed E-state index contributed by atoms with van der Waals surface area (Å²) in [5.74, 6) is -0.500. The van der Waals surface area contributed by atoms with Gasteiger partial charge in [0.15, 0.2) is 0 Å². The lowest BCUT2D eigenvalue weighted by Crippen LogP contribution is -2.29. The first kappa shape index (κ1) is 19.1. The van der Waals surface area contributed by atoms with E-state index in [-0.39, 0.29) is 17.6 Å². The van der Waals surface area contributed by atoms with Gasteiger partial charge in [-0.1, -0.05) is 18.2 Å². The molecule has 3 heterocycles. The van der Waals surface area contributed by atoms with Crippen LogP contribution in [0.1, 0.15) is 33.7 Å². The fraction of sp³-hybridized carbons (Fsp3) is 0.200. The van der Waals surface area contributed by atoms with Crippen molar-refractivity contribution in [3.05, 3.63) is 83.1 Å². The van der Waals surface area contributed by atoms with Crippen molar-refractivity contribution in [2.45, 2.75) is 12.8 Å². The number of aromatic nitrogens is 2. The molecule has 1 aliphatic carbocycles. The minimum atomic E-state index is -0.252. The van der Waals surface area contributed by atoms with Crippen LogP contribution in [0.25, 0.3) is 22.9 Å². The van der Waals surface area contributed by atoms with Gasteiger partial charge in [-0.2, -0.15) is 5.26 Å². The van der Waals surface area contributed by atoms with Gasteiger partial charge in [-0.05, 0) is 59.5 Å². The zero-order chi connectivity index (χ0) is 21.4. The number of hydrogen-bond donors (Lipinski definition) is 0. The van der Waals surface area contributed by atoms with Crippen LogP contribution in [0.15, 0.2) is 54.7 Å². The molecular weight excluding hydrogens is 391 g/mol. The Bertz CT molecular complexity index is 1240. The first-order valence-corrected chi connectivity index (χ1v) is 10.2. The van der Waals surface area contributed by atoms with Gasteiger partial charge in [-0.25, -0.2) is 9.37 Å². The molecule has 1 fully saturated rings. The maximum absolute atomic E-state index is 13.2. The van der Waals surface area contributed by atoms with Gasteiger partial charge in [-0.15, -0.1) is 0 Å². The summed E-state index contributed by atoms with van der Waals surface area (Å²) in [6.07, 6.45) is 5.25. The van der Waals surface area contributed by atoms with E-state index in [0.29, 0.717) is 37.3 Å². The maximum atomic E-state index is 13.2. The number of allylic oxidation sites excluding steroid dienone is 1. The predicted octanol–water partition coefficient (Wildman–Crippen LogP) is 4.37. The van der Waals surface area contributed by atoms with Crippen molar-refractivity contribution in [2.75, 3.05) is 13.1 Å². The Hall–Kier alpha value is -3.85. The van der Waals surface area contributed by atoms with E-state index in [0.717, 1.165) is 28.0 Å². The van der Waals surface area contributed by atoms with E-state index in [1.807, 2.05) is 18.2 Å². The number of nitriles is 1. The van der Waals surface area contributed by atoms with Gasteiger partial charge >= 0.3 is 0 Å². The molecule has 1 amide bonds. The van der Waals surface area contributed by atoms with E-state index >= 15 is 0 Å². The van der Waals surface area contributed by atoms with Crippen LogP contribution >= 0.6 is 0 Å². The Kier molecular flexibility index (Phi) is 4.79. The second-order valence-electron chi connectivity index (χ2n) is 7.89. The van der Waals surface area contributed by atoms with Crippen molar-refractivity contribution in [2.24, 2.45) is 5.92 Å². The first-order valence-electron chi connectivity index (χ1n) is 10.2. The highest BCUT2D eigenvalue weighted by Gasteiger charge is 2.27. The number of hydrogen-bond acceptors (Lipinski definition) is 4. The molecule has 0 bridgehead atoms. The molecule has 3 aromatic rings. The summed E-state index contributed by atoms with van der Waals surface area (Å²) in [7, 11) is 0. The summed E-state index contributed by atoms with van der Waals surface area (Å²) in [6, 6.07) is 16.1. The van der Waals surface area contributed by atoms with Crippen molar-refractivity contribution in [3.8, 4) is 17.3 Å². The average molecular weight is 410 g/mol. The Morgan fingerprint density at radius 3 is 2.77 bits per heavy atom. The van der Waals surface area contributed by atoms with Crippen molar-refractivity contribution in [3.63, 3.8) is 0 Å². The third-order valence-electron chi connectivity index (χ3n) is 5.83. The van der Waals surface area contributed by atoms with Crippen molar-refractivity contribution in [1.82, 2.24) is 14.9 Å². The largest absolute Gasteiger partial charge is 0.336 e. The number of carbonyl (C=O) groups excluding carboxylic acids is 1. The first-order chi connectivity index (χ1) is 15.1. The molecule has 5 nitrogen and oxygen atoms in total. The lowest BCUT2D eigenvalue weighted by atomic mass is 10.1. The molecule has 0 saturated carbocycles. The molecule has 152 valence electrons. The molecule has 0 N–H and O–H groups in total. The normalized spacial score (nSPS) is 17.2. The highest BCUT2D eigenvalue weighted by Crippen LogP contribution is 2.32. The van der Waals surface area contributed by atoms with E-state index in [1.54, 1.807) is 29.3 Å². The summed E-state index contributed by atoms with van der Waals surface area (Å²) >= 11 is 0. The highest BCUT2D eigenvalue weighted by molar-refractivity contribution is 5.93. The fourth-order valence-electron chi connectivity index (χ4n) is 4.12. The van der Waals surface area contributed by atoms with Gasteiger partial charge < -0.3 is 4.90 Å². The predicted molar refractivity (Wildman–Crippen MR) is 115 cm³/mol. The van der Waals surface area contributed by atoms with E-state index in [2.05, 4.69) is 22.1 Å². The number of likely N-dealkylation sites (tertiary alicyclic amines) is 1. The Balaban J connectivity index is 1.40. The third-order valence-corrected chi connectivity index (χ3v) is 5.83. The summed E-state index contributed by atoms with van der Waals surface area (Å²) in [6.45, 7) is 1.04. The number of nitrogens with zero attached hydrogens (tertiary/aromatic N) is 4. The van der Waals surface area contributed by atoms with Crippen molar-refractivity contribution in [1.29, 1.82) is 5.26 Å². The maximum Gasteiger partial charge on any atom is 0.272 e. The molecule has 1 atom stereocenters. The molecule has 1 aromatic carbocycles. The minimum absolute atomic E-state index is 0.102. The Labute approximate surface area is 179 Å². The number of halogens is 1. The van der Waals surface area contributed by atoms with Crippen molar-refractivity contribution >= 4 is 17.6 Å². The van der Waals surface area contributed by atoms with Gasteiger partial charge in [0.25, 0.3) is 5.91 Å². The molecule has 2 aromatic heterocycles. The van der Waals surface area contributed by atoms with Gasteiger partial charge in [0.05, 0.1) is 23.4 Å². The molecule has 0 radical (unpaired) electrons. The van der Waals surface area contributed by atoms with E-state index in [1.165, 1.54) is 12.1 Å². The quantitative estimate of drug-likeness (QED) is 0.643. The van der Waals surface area contributed by atoms with E-state index in [4.69, 9.17) is 5.26 Å². The summed E-state index contributed by atoms with van der Waals surface area (Å²) in [5.41, 5.74) is 5.94. The summed E-state index contributed by atoms with van der Waals surface area (Å²) in [4.78, 5) is 23.7. The minimum Gasteiger partial charge on any atom is -0.336 e. The van der Waals surface area contributed by atoms with Gasteiger partial charge in [0.2, 0.25) is 0 Å². The highest BCUT2D eigenvalue weighted by atomic mass is 19.1. The number of amides is 1. The van der Waals surface area contributed by atoms with Crippen LogP contribution in [0.5, 0.6) is 0 Å². The number of pyridine rings is 2. The van der Waals surface area contributed by atoms with E-state index in [9.17, 15) is 9.18 Å². The lowest BCUT2D eigenvalue weighted by Gasteiger charge is -2.15.